The fourth-order valence-corrected chi connectivity index (χ4v) is 3.08. The number of piperidine rings is 1. The van der Waals surface area contributed by atoms with Gasteiger partial charge in [0.15, 0.2) is 0 Å². The van der Waals surface area contributed by atoms with E-state index in [0.717, 1.165) is 6.54 Å². The van der Waals surface area contributed by atoms with E-state index in [-0.39, 0.29) is 12.0 Å². The number of carbonyl (C=O) groups excluding carboxylic acids is 2. The fourth-order valence-electron chi connectivity index (χ4n) is 3.08. The number of esters is 1. The minimum Gasteiger partial charge on any atom is -0.481 e. The van der Waals surface area contributed by atoms with Crippen molar-refractivity contribution < 1.29 is 19.1 Å². The monoisotopic (exact) mass is 373 g/mol. The summed E-state index contributed by atoms with van der Waals surface area (Å²) < 4.78 is 10.3. The molecule has 9 heteroatoms. The highest BCUT2D eigenvalue weighted by molar-refractivity contribution is 5.98. The van der Waals surface area contributed by atoms with Crippen molar-refractivity contribution in [1.29, 1.82) is 0 Å². The van der Waals surface area contributed by atoms with Crippen LogP contribution in [0.15, 0.2) is 24.4 Å². The highest BCUT2D eigenvalue weighted by Gasteiger charge is 2.33. The molecule has 27 heavy (non-hydrogen) atoms. The van der Waals surface area contributed by atoms with Crippen molar-refractivity contribution in [3.63, 3.8) is 0 Å². The lowest BCUT2D eigenvalue weighted by atomic mass is 9.93. The lowest BCUT2D eigenvalue weighted by molar-refractivity contribution is -0.149. The third kappa shape index (κ3) is 4.43. The van der Waals surface area contributed by atoms with Crippen LogP contribution in [0.4, 0.5) is 10.5 Å². The Hall–Kier alpha value is -2.94. The van der Waals surface area contributed by atoms with Crippen molar-refractivity contribution in [1.82, 2.24) is 20.6 Å². The highest BCUT2D eigenvalue weighted by Crippen LogP contribution is 2.22. The van der Waals surface area contributed by atoms with Crippen molar-refractivity contribution >= 4 is 28.7 Å². The van der Waals surface area contributed by atoms with Crippen LogP contribution < -0.4 is 20.7 Å². The van der Waals surface area contributed by atoms with Gasteiger partial charge in [-0.3, -0.25) is 9.78 Å². The molecule has 1 aliphatic rings. The molecule has 1 aliphatic heterocycles. The molecule has 0 saturated carbocycles. The number of fused-ring (bicyclic) bond motifs is 1. The van der Waals surface area contributed by atoms with Gasteiger partial charge in [-0.1, -0.05) is 0 Å². The average molecular weight is 373 g/mol. The van der Waals surface area contributed by atoms with Crippen LogP contribution in [-0.2, 0) is 9.53 Å². The summed E-state index contributed by atoms with van der Waals surface area (Å²) in [6.45, 7) is 3.27. The number of carbonyl (C=O) groups is 2. The maximum atomic E-state index is 12.5. The van der Waals surface area contributed by atoms with Crippen LogP contribution >= 0.6 is 0 Å². The summed E-state index contributed by atoms with van der Waals surface area (Å²) in [5, 5.41) is 8.83. The lowest BCUT2D eigenvalue weighted by Crippen LogP contribution is -2.53. The lowest BCUT2D eigenvalue weighted by Gasteiger charge is -2.31. The topological polar surface area (TPSA) is 114 Å². The van der Waals surface area contributed by atoms with E-state index in [9.17, 15) is 9.59 Å². The van der Waals surface area contributed by atoms with Gasteiger partial charge in [0, 0.05) is 24.8 Å². The van der Waals surface area contributed by atoms with Crippen LogP contribution in [0.1, 0.15) is 13.3 Å². The summed E-state index contributed by atoms with van der Waals surface area (Å²) in [7, 11) is 1.52. The van der Waals surface area contributed by atoms with Crippen LogP contribution in [0.3, 0.4) is 0 Å². The molecular formula is C18H23N5O4. The van der Waals surface area contributed by atoms with Gasteiger partial charge in [0.25, 0.3) is 0 Å². The van der Waals surface area contributed by atoms with Crippen LogP contribution in [0.25, 0.3) is 11.0 Å². The average Bonchev–Trinajstić information content (AvgIpc) is 2.68. The quantitative estimate of drug-likeness (QED) is 0.677. The molecule has 0 radical (unpaired) electrons. The minimum atomic E-state index is -0.420. The fraction of sp³-hybridized carbons (Fsp3) is 0.444. The van der Waals surface area contributed by atoms with Crippen molar-refractivity contribution in [3.8, 4) is 5.88 Å². The van der Waals surface area contributed by atoms with Gasteiger partial charge in [0.1, 0.15) is 5.52 Å². The smallest absolute Gasteiger partial charge is 0.319 e. The van der Waals surface area contributed by atoms with Crippen LogP contribution in [0.5, 0.6) is 5.88 Å². The maximum Gasteiger partial charge on any atom is 0.319 e. The Balaban J connectivity index is 1.73. The summed E-state index contributed by atoms with van der Waals surface area (Å²) in [6, 6.07) is 4.43. The molecule has 0 unspecified atom stereocenters. The molecule has 2 aromatic rings. The van der Waals surface area contributed by atoms with E-state index >= 15 is 0 Å². The Morgan fingerprint density at radius 1 is 1.33 bits per heavy atom. The van der Waals surface area contributed by atoms with Crippen molar-refractivity contribution in [2.24, 2.45) is 5.92 Å². The number of hydrogen-bond acceptors (Lipinski definition) is 7. The molecule has 0 aliphatic carbocycles. The number of aromatic nitrogens is 2. The van der Waals surface area contributed by atoms with Gasteiger partial charge in [0.2, 0.25) is 5.88 Å². The number of methoxy groups -OCH3 is 1. The number of nitrogens with one attached hydrogen (secondary N) is 3. The Morgan fingerprint density at radius 2 is 2.19 bits per heavy atom. The number of amides is 2. The van der Waals surface area contributed by atoms with Crippen molar-refractivity contribution in [2.75, 3.05) is 32.1 Å². The third-order valence-corrected chi connectivity index (χ3v) is 4.40. The molecule has 2 amide bonds. The van der Waals surface area contributed by atoms with E-state index in [4.69, 9.17) is 9.47 Å². The summed E-state index contributed by atoms with van der Waals surface area (Å²) in [6.07, 6.45) is 2.23. The number of urea groups is 1. The van der Waals surface area contributed by atoms with Crippen LogP contribution in [-0.4, -0.2) is 54.8 Å². The van der Waals surface area contributed by atoms with Crippen LogP contribution in [0, 0.1) is 5.92 Å². The molecule has 2 atom stereocenters. The first-order valence-electron chi connectivity index (χ1n) is 8.87. The molecule has 0 aromatic carbocycles. The molecule has 1 fully saturated rings. The second-order valence-electron chi connectivity index (χ2n) is 6.14. The van der Waals surface area contributed by atoms with E-state index in [0.29, 0.717) is 42.2 Å². The van der Waals surface area contributed by atoms with Gasteiger partial charge >= 0.3 is 12.0 Å². The Bertz CT molecular complexity index is 829. The predicted octanol–water partition coefficient (Wildman–Crippen LogP) is 1.30. The SMILES string of the molecule is CCOC(=O)[C@@H]1CNCC[C@H]1NC(=O)Nc1ccnc2ccc(OC)nc12. The molecule has 0 bridgehead atoms. The Labute approximate surface area is 156 Å². The van der Waals surface area contributed by atoms with E-state index in [1.807, 2.05) is 0 Å². The van der Waals surface area contributed by atoms with Gasteiger partial charge in [-0.25, -0.2) is 9.78 Å². The van der Waals surface area contributed by atoms with E-state index in [1.54, 1.807) is 31.3 Å². The Kier molecular flexibility index (Phi) is 6.02. The van der Waals surface area contributed by atoms with Gasteiger partial charge in [-0.2, -0.15) is 0 Å². The molecule has 9 nitrogen and oxygen atoms in total. The number of nitrogens with zero attached hydrogens (tertiary/aromatic N) is 2. The van der Waals surface area contributed by atoms with E-state index in [1.165, 1.54) is 7.11 Å². The first-order valence-corrected chi connectivity index (χ1v) is 8.87. The summed E-state index contributed by atoms with van der Waals surface area (Å²) in [5.74, 6) is -0.299. The van der Waals surface area contributed by atoms with Gasteiger partial charge in [-0.15, -0.1) is 0 Å². The standard InChI is InChI=1S/C18H23N5O4/c1-3-27-17(24)11-10-19-8-6-12(11)21-18(25)22-14-7-9-20-13-4-5-15(26-2)23-16(13)14/h4-5,7,9,11-12,19H,3,6,8,10H2,1-2H3,(H2,20,21,22,25)/t11-,12-/m1/s1. The van der Waals surface area contributed by atoms with E-state index < -0.39 is 11.9 Å². The van der Waals surface area contributed by atoms with Gasteiger partial charge in [0.05, 0.1) is 30.8 Å². The number of rotatable bonds is 5. The van der Waals surface area contributed by atoms with Gasteiger partial charge < -0.3 is 25.4 Å². The largest absolute Gasteiger partial charge is 0.481 e. The van der Waals surface area contributed by atoms with Crippen molar-refractivity contribution in [3.05, 3.63) is 24.4 Å². The highest BCUT2D eigenvalue weighted by atomic mass is 16.5. The third-order valence-electron chi connectivity index (χ3n) is 4.40. The Morgan fingerprint density at radius 3 is 2.96 bits per heavy atom. The molecule has 1 saturated heterocycles. The second-order valence-corrected chi connectivity index (χ2v) is 6.14. The normalized spacial score (nSPS) is 19.3. The number of hydrogen-bond donors (Lipinski definition) is 3. The summed E-state index contributed by atoms with van der Waals surface area (Å²) >= 11 is 0. The first kappa shape index (κ1) is 18.8. The molecule has 2 aromatic heterocycles. The molecule has 0 spiro atoms. The van der Waals surface area contributed by atoms with Crippen LogP contribution in [0.2, 0.25) is 0 Å². The molecule has 3 rings (SSSR count). The van der Waals surface area contributed by atoms with Gasteiger partial charge in [-0.05, 0) is 32.0 Å². The summed E-state index contributed by atoms with van der Waals surface area (Å²) in [5.41, 5.74) is 1.68. The number of anilines is 1. The zero-order valence-corrected chi connectivity index (χ0v) is 15.3. The molecule has 144 valence electrons. The summed E-state index contributed by atoms with van der Waals surface area (Å²) in [4.78, 5) is 33.2. The number of pyridine rings is 2. The zero-order valence-electron chi connectivity index (χ0n) is 15.3. The van der Waals surface area contributed by atoms with E-state index in [2.05, 4.69) is 25.9 Å². The molecule has 3 heterocycles. The second kappa shape index (κ2) is 8.63. The first-order chi connectivity index (χ1) is 13.1. The zero-order chi connectivity index (χ0) is 19.2. The molecular weight excluding hydrogens is 350 g/mol. The maximum absolute atomic E-state index is 12.5. The number of ether oxygens (including phenoxy) is 2. The molecule has 3 N–H and O–H groups in total. The van der Waals surface area contributed by atoms with Crippen molar-refractivity contribution in [2.45, 2.75) is 19.4 Å². The minimum absolute atomic E-state index is 0.305. The predicted molar refractivity (Wildman–Crippen MR) is 99.6 cm³/mol.